The number of amides is 1. The Hall–Kier alpha value is -3.82. The molecule has 4 N–H and O–H groups in total. The zero-order valence-electron chi connectivity index (χ0n) is 21.9. The smallest absolute Gasteiger partial charge is 0.257 e. The van der Waals surface area contributed by atoms with Crippen LogP contribution in [0.2, 0.25) is 0 Å². The SMILES string of the molecule is O=C(Nc1cnn(C2CCNCC2)c1)c1cnc2c(c1)C(c1ccc3c(c1)C1(CCNCC1)CC3=O)=CCN2. The molecule has 0 unspecified atom stereocenters. The second kappa shape index (κ2) is 9.73. The average Bonchev–Trinajstić information content (AvgIpc) is 3.55. The molecule has 1 aromatic carbocycles. The summed E-state index contributed by atoms with van der Waals surface area (Å²) in [5, 5.41) is 17.6. The molecule has 39 heavy (non-hydrogen) atoms. The first-order chi connectivity index (χ1) is 19.1. The van der Waals surface area contributed by atoms with Crippen LogP contribution in [0.5, 0.6) is 0 Å². The van der Waals surface area contributed by atoms with E-state index in [1.165, 1.54) is 5.56 Å². The van der Waals surface area contributed by atoms with Gasteiger partial charge in [-0.05, 0) is 80.7 Å². The summed E-state index contributed by atoms with van der Waals surface area (Å²) in [7, 11) is 0. The second-order valence-corrected chi connectivity index (χ2v) is 11.2. The first kappa shape index (κ1) is 24.2. The molecule has 3 aromatic rings. The van der Waals surface area contributed by atoms with E-state index in [9.17, 15) is 9.59 Å². The average molecular weight is 524 g/mol. The summed E-state index contributed by atoms with van der Waals surface area (Å²) in [6.45, 7) is 4.49. The Balaban J connectivity index is 1.16. The van der Waals surface area contributed by atoms with Crippen molar-refractivity contribution in [3.05, 3.63) is 76.7 Å². The van der Waals surface area contributed by atoms with Crippen LogP contribution in [0.3, 0.4) is 0 Å². The number of aromatic nitrogens is 3. The quantitative estimate of drug-likeness (QED) is 0.414. The van der Waals surface area contributed by atoms with Crippen molar-refractivity contribution >= 4 is 28.8 Å². The van der Waals surface area contributed by atoms with Gasteiger partial charge in [0.25, 0.3) is 5.91 Å². The predicted molar refractivity (Wildman–Crippen MR) is 150 cm³/mol. The van der Waals surface area contributed by atoms with Crippen molar-refractivity contribution in [3.63, 3.8) is 0 Å². The Labute approximate surface area is 227 Å². The zero-order chi connectivity index (χ0) is 26.4. The number of pyridine rings is 1. The van der Waals surface area contributed by atoms with Gasteiger partial charge < -0.3 is 21.3 Å². The van der Waals surface area contributed by atoms with Crippen molar-refractivity contribution in [1.82, 2.24) is 25.4 Å². The molecular weight excluding hydrogens is 490 g/mol. The molecule has 200 valence electrons. The number of anilines is 2. The molecule has 5 heterocycles. The number of carbonyl (C=O) groups is 2. The Kier molecular flexibility index (Phi) is 6.05. The van der Waals surface area contributed by atoms with Gasteiger partial charge in [0.05, 0.1) is 23.5 Å². The number of nitrogens with zero attached hydrogens (tertiary/aromatic N) is 3. The Bertz CT molecular complexity index is 1480. The lowest BCUT2D eigenvalue weighted by atomic mass is 9.73. The number of hydrogen-bond acceptors (Lipinski definition) is 7. The van der Waals surface area contributed by atoms with Gasteiger partial charge in [-0.3, -0.25) is 14.3 Å². The van der Waals surface area contributed by atoms with E-state index >= 15 is 0 Å². The maximum absolute atomic E-state index is 13.2. The molecule has 1 spiro atoms. The number of ketones is 1. The number of nitrogens with one attached hydrogen (secondary N) is 4. The summed E-state index contributed by atoms with van der Waals surface area (Å²) in [4.78, 5) is 30.7. The number of rotatable bonds is 4. The van der Waals surface area contributed by atoms with Gasteiger partial charge in [0.1, 0.15) is 5.82 Å². The zero-order valence-corrected chi connectivity index (χ0v) is 21.9. The normalized spacial score (nSPS) is 20.2. The molecule has 2 aromatic heterocycles. The van der Waals surface area contributed by atoms with Crippen LogP contribution in [0.25, 0.3) is 5.57 Å². The van der Waals surface area contributed by atoms with Crippen molar-refractivity contribution in [2.24, 2.45) is 0 Å². The molecule has 0 atom stereocenters. The van der Waals surface area contributed by atoms with E-state index in [1.54, 1.807) is 12.4 Å². The molecule has 0 bridgehead atoms. The molecule has 2 saturated heterocycles. The van der Waals surface area contributed by atoms with E-state index in [4.69, 9.17) is 0 Å². The minimum Gasteiger partial charge on any atom is -0.366 e. The molecule has 1 aliphatic carbocycles. The molecular formula is C30H33N7O2. The van der Waals surface area contributed by atoms with Crippen LogP contribution in [0.1, 0.15) is 75.6 Å². The van der Waals surface area contributed by atoms with E-state index in [-0.39, 0.29) is 17.1 Å². The van der Waals surface area contributed by atoms with E-state index in [2.05, 4.69) is 43.5 Å². The summed E-state index contributed by atoms with van der Waals surface area (Å²) >= 11 is 0. The highest BCUT2D eigenvalue weighted by Crippen LogP contribution is 2.46. The lowest BCUT2D eigenvalue weighted by Gasteiger charge is -2.34. The van der Waals surface area contributed by atoms with E-state index in [0.717, 1.165) is 79.9 Å². The molecule has 1 amide bonds. The van der Waals surface area contributed by atoms with Gasteiger partial charge in [-0.25, -0.2) is 4.98 Å². The molecule has 7 rings (SSSR count). The third-order valence-corrected chi connectivity index (χ3v) is 8.82. The van der Waals surface area contributed by atoms with Gasteiger partial charge in [0.2, 0.25) is 0 Å². The second-order valence-electron chi connectivity index (χ2n) is 11.2. The number of Topliss-reactive ketones (excluding diaryl/α,β-unsaturated/α-hetero) is 1. The van der Waals surface area contributed by atoms with Gasteiger partial charge in [0.15, 0.2) is 5.78 Å². The Morgan fingerprint density at radius 1 is 1.03 bits per heavy atom. The lowest BCUT2D eigenvalue weighted by molar-refractivity contribution is 0.0963. The Morgan fingerprint density at radius 2 is 1.85 bits per heavy atom. The maximum Gasteiger partial charge on any atom is 0.257 e. The monoisotopic (exact) mass is 523 g/mol. The van der Waals surface area contributed by atoms with Crippen molar-refractivity contribution in [1.29, 1.82) is 0 Å². The van der Waals surface area contributed by atoms with E-state index in [0.29, 0.717) is 30.3 Å². The number of hydrogen-bond donors (Lipinski definition) is 4. The van der Waals surface area contributed by atoms with Crippen molar-refractivity contribution in [2.75, 3.05) is 43.4 Å². The summed E-state index contributed by atoms with van der Waals surface area (Å²) in [6, 6.07) is 8.52. The Morgan fingerprint density at radius 3 is 2.69 bits per heavy atom. The van der Waals surface area contributed by atoms with Crippen LogP contribution >= 0.6 is 0 Å². The van der Waals surface area contributed by atoms with Crippen LogP contribution in [-0.4, -0.2) is 59.2 Å². The number of piperidine rings is 2. The summed E-state index contributed by atoms with van der Waals surface area (Å²) in [5.74, 6) is 0.798. The summed E-state index contributed by atoms with van der Waals surface area (Å²) < 4.78 is 1.96. The van der Waals surface area contributed by atoms with Gasteiger partial charge in [-0.2, -0.15) is 5.10 Å². The summed E-state index contributed by atoms with van der Waals surface area (Å²) in [6.07, 6.45) is 12.0. The predicted octanol–water partition coefficient (Wildman–Crippen LogP) is 3.52. The van der Waals surface area contributed by atoms with Gasteiger partial charge in [-0.15, -0.1) is 0 Å². The third kappa shape index (κ3) is 4.35. The first-order valence-electron chi connectivity index (χ1n) is 14.0. The van der Waals surface area contributed by atoms with Gasteiger partial charge in [-0.1, -0.05) is 18.2 Å². The highest BCUT2D eigenvalue weighted by atomic mass is 16.1. The topological polar surface area (TPSA) is 113 Å². The first-order valence-corrected chi connectivity index (χ1v) is 14.0. The van der Waals surface area contributed by atoms with E-state index < -0.39 is 0 Å². The standard InChI is InChI=1S/C30H33N7O2/c38-27-15-30(6-11-32-12-7-30)26-14-19(1-2-24(26)27)23-5-10-33-28-25(23)13-20(16-34-28)29(39)36-21-17-35-37(18-21)22-3-8-31-9-4-22/h1-2,5,13-14,16-18,22,31-32H,3-4,6-12,15H2,(H,33,34)(H,36,39). The molecule has 9 heteroatoms. The van der Waals surface area contributed by atoms with Crippen LogP contribution in [0, 0.1) is 0 Å². The minimum absolute atomic E-state index is 0.0669. The van der Waals surface area contributed by atoms with Crippen LogP contribution in [-0.2, 0) is 5.41 Å². The fourth-order valence-corrected chi connectivity index (χ4v) is 6.69. The molecule has 4 aliphatic rings. The largest absolute Gasteiger partial charge is 0.366 e. The molecule has 3 aliphatic heterocycles. The minimum atomic E-state index is -0.215. The molecule has 2 fully saturated rings. The van der Waals surface area contributed by atoms with Crippen LogP contribution in [0.4, 0.5) is 11.5 Å². The summed E-state index contributed by atoms with van der Waals surface area (Å²) in [5.41, 5.74) is 6.14. The van der Waals surface area contributed by atoms with Crippen molar-refractivity contribution < 1.29 is 9.59 Å². The number of carbonyl (C=O) groups excluding carboxylic acids is 2. The third-order valence-electron chi connectivity index (χ3n) is 8.82. The molecule has 0 saturated carbocycles. The molecule has 0 radical (unpaired) electrons. The fourth-order valence-electron chi connectivity index (χ4n) is 6.69. The number of fused-ring (bicyclic) bond motifs is 3. The lowest BCUT2D eigenvalue weighted by Crippen LogP contribution is -2.38. The van der Waals surface area contributed by atoms with Crippen LogP contribution in [0.15, 0.2) is 48.9 Å². The maximum atomic E-state index is 13.2. The van der Waals surface area contributed by atoms with Crippen molar-refractivity contribution in [2.45, 2.75) is 43.6 Å². The fraction of sp³-hybridized carbons (Fsp3) is 0.400. The highest BCUT2D eigenvalue weighted by molar-refractivity contribution is 6.06. The highest BCUT2D eigenvalue weighted by Gasteiger charge is 2.44. The number of benzene rings is 1. The molecule has 9 nitrogen and oxygen atoms in total. The van der Waals surface area contributed by atoms with Gasteiger partial charge in [0, 0.05) is 41.9 Å². The van der Waals surface area contributed by atoms with E-state index in [1.807, 2.05) is 29.1 Å². The van der Waals surface area contributed by atoms with Crippen LogP contribution < -0.4 is 21.3 Å². The van der Waals surface area contributed by atoms with Gasteiger partial charge >= 0.3 is 0 Å². The van der Waals surface area contributed by atoms with Crippen molar-refractivity contribution in [3.8, 4) is 0 Å².